The number of carbonyl (C=O) groups is 2. The average Bonchev–Trinajstić information content (AvgIpc) is 3.10. The maximum atomic E-state index is 11.7. The topological polar surface area (TPSA) is 89.8 Å². The molecule has 0 saturated carbocycles. The summed E-state index contributed by atoms with van der Waals surface area (Å²) >= 11 is 0. The highest BCUT2D eigenvalue weighted by Gasteiger charge is 2.16. The number of carboxylic acid groups (broad SMARTS) is 1. The molecular weight excluding hydrogens is 384 g/mol. The summed E-state index contributed by atoms with van der Waals surface area (Å²) in [5.41, 5.74) is 4.27. The minimum atomic E-state index is -0.997. The number of carboxylic acids is 1. The van der Waals surface area contributed by atoms with E-state index >= 15 is 0 Å². The molecule has 7 heteroatoms. The molecule has 0 bridgehead atoms. The van der Waals surface area contributed by atoms with E-state index in [1.54, 1.807) is 24.4 Å². The van der Waals surface area contributed by atoms with Gasteiger partial charge in [0, 0.05) is 31.2 Å². The van der Waals surface area contributed by atoms with Crippen LogP contribution in [-0.4, -0.2) is 35.3 Å². The number of carbonyl (C=O) groups excluding carboxylic acids is 1. The van der Waals surface area contributed by atoms with Crippen LogP contribution in [0.25, 0.3) is 21.7 Å². The molecule has 4 rings (SSSR count). The molecular formula is C23H20N2O5. The lowest BCUT2D eigenvalue weighted by Crippen LogP contribution is -2.21. The van der Waals surface area contributed by atoms with Gasteiger partial charge >= 0.3 is 11.9 Å². The minimum Gasteiger partial charge on any atom is -0.482 e. The number of benzene rings is 3. The molecule has 0 amide bonds. The van der Waals surface area contributed by atoms with Crippen LogP contribution in [0, 0.1) is 0 Å². The van der Waals surface area contributed by atoms with Gasteiger partial charge in [0.2, 0.25) is 0 Å². The van der Waals surface area contributed by atoms with Crippen molar-refractivity contribution >= 4 is 33.6 Å². The van der Waals surface area contributed by atoms with Crippen LogP contribution in [0.15, 0.2) is 66.9 Å². The van der Waals surface area contributed by atoms with Gasteiger partial charge in [-0.1, -0.05) is 36.4 Å². The summed E-state index contributed by atoms with van der Waals surface area (Å²) in [5, 5.41) is 12.5. The maximum Gasteiger partial charge on any atom is 0.362 e. The Morgan fingerprint density at radius 3 is 2.60 bits per heavy atom. The summed E-state index contributed by atoms with van der Waals surface area (Å²) in [6.45, 7) is 0.239. The lowest BCUT2D eigenvalue weighted by atomic mass is 10.1. The van der Waals surface area contributed by atoms with Crippen LogP contribution in [0.2, 0.25) is 0 Å². The first-order chi connectivity index (χ1) is 14.5. The first-order valence-electron chi connectivity index (χ1n) is 9.38. The molecule has 0 saturated heterocycles. The van der Waals surface area contributed by atoms with Crippen LogP contribution in [0.1, 0.15) is 15.9 Å². The van der Waals surface area contributed by atoms with Crippen molar-refractivity contribution in [2.24, 2.45) is 0 Å². The van der Waals surface area contributed by atoms with Crippen molar-refractivity contribution in [1.82, 2.24) is 10.0 Å². The van der Waals surface area contributed by atoms with Crippen molar-refractivity contribution in [1.29, 1.82) is 0 Å². The molecule has 30 heavy (non-hydrogen) atoms. The van der Waals surface area contributed by atoms with Gasteiger partial charge < -0.3 is 19.2 Å². The van der Waals surface area contributed by atoms with Crippen LogP contribution in [0.5, 0.6) is 5.75 Å². The van der Waals surface area contributed by atoms with Crippen molar-refractivity contribution in [3.63, 3.8) is 0 Å². The Balaban J connectivity index is 1.68. The van der Waals surface area contributed by atoms with E-state index in [4.69, 9.17) is 4.74 Å². The van der Waals surface area contributed by atoms with Crippen molar-refractivity contribution in [3.8, 4) is 5.75 Å². The third-order valence-electron chi connectivity index (χ3n) is 4.82. The molecule has 1 heterocycles. The fraction of sp³-hybridized carbons (Fsp3) is 0.130. The minimum absolute atomic E-state index is 0.215. The molecule has 152 valence electrons. The van der Waals surface area contributed by atoms with Crippen molar-refractivity contribution in [2.45, 2.75) is 6.54 Å². The highest BCUT2D eigenvalue weighted by atomic mass is 16.7. The van der Waals surface area contributed by atoms with Gasteiger partial charge in [-0.15, -0.1) is 0 Å². The number of hydrogen-bond acceptors (Lipinski definition) is 5. The Kier molecular flexibility index (Phi) is 5.36. The van der Waals surface area contributed by atoms with Crippen LogP contribution >= 0.6 is 0 Å². The molecule has 2 N–H and O–H groups in total. The first kappa shape index (κ1) is 19.5. The number of hydrogen-bond donors (Lipinski definition) is 2. The smallest absolute Gasteiger partial charge is 0.362 e. The van der Waals surface area contributed by atoms with E-state index in [-0.39, 0.29) is 12.2 Å². The second-order valence-corrected chi connectivity index (χ2v) is 6.80. The Labute approximate surface area is 172 Å². The van der Waals surface area contributed by atoms with Gasteiger partial charge in [-0.2, -0.15) is 5.48 Å². The van der Waals surface area contributed by atoms with Gasteiger partial charge in [0.05, 0.1) is 11.1 Å². The number of rotatable bonds is 7. The van der Waals surface area contributed by atoms with E-state index in [0.29, 0.717) is 23.2 Å². The zero-order chi connectivity index (χ0) is 21.1. The lowest BCUT2D eigenvalue weighted by molar-refractivity contribution is -0.152. The van der Waals surface area contributed by atoms with Crippen LogP contribution < -0.4 is 10.2 Å². The predicted molar refractivity (Wildman–Crippen MR) is 113 cm³/mol. The Morgan fingerprint density at radius 2 is 1.83 bits per heavy atom. The number of ether oxygens (including phenoxy) is 1. The van der Waals surface area contributed by atoms with Crippen LogP contribution in [0.4, 0.5) is 0 Å². The molecule has 1 aromatic heterocycles. The van der Waals surface area contributed by atoms with Gasteiger partial charge in [0.25, 0.3) is 0 Å². The van der Waals surface area contributed by atoms with E-state index in [1.165, 1.54) is 7.05 Å². The quantitative estimate of drug-likeness (QED) is 0.458. The van der Waals surface area contributed by atoms with E-state index in [2.05, 4.69) is 28.5 Å². The van der Waals surface area contributed by atoms with E-state index in [1.807, 2.05) is 28.8 Å². The van der Waals surface area contributed by atoms with E-state index in [9.17, 15) is 14.7 Å². The van der Waals surface area contributed by atoms with Gasteiger partial charge in [-0.05, 0) is 34.5 Å². The zero-order valence-corrected chi connectivity index (χ0v) is 16.3. The molecule has 4 aromatic rings. The number of nitrogens with zero attached hydrogens (tertiary/aromatic N) is 1. The second-order valence-electron chi connectivity index (χ2n) is 6.80. The number of fused-ring (bicyclic) bond motifs is 2. The summed E-state index contributed by atoms with van der Waals surface area (Å²) in [4.78, 5) is 27.8. The Morgan fingerprint density at radius 1 is 1.03 bits per heavy atom. The van der Waals surface area contributed by atoms with Gasteiger partial charge in [-0.25, -0.2) is 9.59 Å². The number of nitrogens with one attached hydrogen (secondary N) is 1. The van der Waals surface area contributed by atoms with Gasteiger partial charge in [0.15, 0.2) is 6.61 Å². The summed E-state index contributed by atoms with van der Waals surface area (Å²) < 4.78 is 7.36. The molecule has 0 spiro atoms. The molecule has 0 aliphatic rings. The van der Waals surface area contributed by atoms with Crippen LogP contribution in [0.3, 0.4) is 0 Å². The highest BCUT2D eigenvalue weighted by molar-refractivity contribution is 6.03. The van der Waals surface area contributed by atoms with Crippen molar-refractivity contribution in [3.05, 3.63) is 78.0 Å². The molecule has 3 aromatic carbocycles. The second kappa shape index (κ2) is 8.26. The third-order valence-corrected chi connectivity index (χ3v) is 4.82. The molecule has 7 nitrogen and oxygen atoms in total. The molecule has 0 fully saturated rings. The fourth-order valence-electron chi connectivity index (χ4n) is 3.48. The maximum absolute atomic E-state index is 11.7. The van der Waals surface area contributed by atoms with Crippen molar-refractivity contribution < 1.29 is 24.3 Å². The molecule has 0 aliphatic carbocycles. The first-order valence-corrected chi connectivity index (χ1v) is 9.38. The fourth-order valence-corrected chi connectivity index (χ4v) is 3.48. The highest BCUT2D eigenvalue weighted by Crippen LogP contribution is 2.27. The average molecular weight is 404 g/mol. The van der Waals surface area contributed by atoms with Gasteiger partial charge in [0.1, 0.15) is 5.75 Å². The molecule has 0 atom stereocenters. The molecule has 0 radical (unpaired) electrons. The Bertz CT molecular complexity index is 1250. The standard InChI is InChI=1S/C23H20N2O5/c1-24-30-22(26)14-29-18-8-9-19-20(23(27)28)13-25(21(19)11-18)12-15-6-7-16-4-2-3-5-17(16)10-15/h2-11,13,24H,12,14H2,1H3,(H,27,28). The number of aromatic nitrogens is 1. The van der Waals surface area contributed by atoms with Crippen LogP contribution in [-0.2, 0) is 16.2 Å². The number of aromatic carboxylic acids is 1. The SMILES string of the molecule is CNOC(=O)COc1ccc2c(C(=O)O)cn(Cc3ccc4ccccc4c3)c2c1. The Hall–Kier alpha value is -3.84. The lowest BCUT2D eigenvalue weighted by Gasteiger charge is -2.09. The predicted octanol–water partition coefficient (Wildman–Crippen LogP) is 3.60. The van der Waals surface area contributed by atoms with E-state index < -0.39 is 11.9 Å². The number of hydroxylamine groups is 1. The monoisotopic (exact) mass is 404 g/mol. The summed E-state index contributed by atoms with van der Waals surface area (Å²) in [6.07, 6.45) is 1.63. The molecule has 0 unspecified atom stereocenters. The zero-order valence-electron chi connectivity index (χ0n) is 16.3. The van der Waals surface area contributed by atoms with E-state index in [0.717, 1.165) is 16.3 Å². The summed E-state index contributed by atoms with van der Waals surface area (Å²) in [6, 6.07) is 19.3. The normalized spacial score (nSPS) is 11.0. The summed E-state index contributed by atoms with van der Waals surface area (Å²) in [7, 11) is 1.48. The largest absolute Gasteiger partial charge is 0.482 e. The third kappa shape index (κ3) is 3.97. The summed E-state index contributed by atoms with van der Waals surface area (Å²) in [5.74, 6) is -1.11. The van der Waals surface area contributed by atoms with Crippen molar-refractivity contribution in [2.75, 3.05) is 13.7 Å². The molecule has 0 aliphatic heterocycles. The van der Waals surface area contributed by atoms with Gasteiger partial charge in [-0.3, -0.25) is 0 Å².